The van der Waals surface area contributed by atoms with Gasteiger partial charge in [-0.3, -0.25) is 34.1 Å². The molecule has 1 saturated heterocycles. The van der Waals surface area contributed by atoms with Crippen LogP contribution in [0.5, 0.6) is 23.0 Å². The number of hydrogen-bond acceptors (Lipinski definition) is 18. The molecule has 5 heterocycles. The number of fused-ring (bicyclic) bond motifs is 2. The van der Waals surface area contributed by atoms with E-state index in [-0.39, 0.29) is 139 Å². The fourth-order valence-corrected chi connectivity index (χ4v) is 14.2. The minimum Gasteiger partial charge on any atom is -0.495 e. The largest absolute Gasteiger partial charge is 0.495 e. The Morgan fingerprint density at radius 3 is 1.82 bits per heavy atom. The Morgan fingerprint density at radius 1 is 0.700 bits per heavy atom. The summed E-state index contributed by atoms with van der Waals surface area (Å²) >= 11 is 27.7. The van der Waals surface area contributed by atoms with Gasteiger partial charge in [0.2, 0.25) is 33.7 Å². The third kappa shape index (κ3) is 14.2. The third-order valence-electron chi connectivity index (χ3n) is 16.9. The van der Waals surface area contributed by atoms with Crippen LogP contribution in [0.1, 0.15) is 68.1 Å². The molecule has 0 bridgehead atoms. The molecule has 5 aliphatic rings. The van der Waals surface area contributed by atoms with Crippen LogP contribution in [-0.2, 0) is 39.2 Å². The highest BCUT2D eigenvalue weighted by atomic mass is 35.5. The lowest BCUT2D eigenvalue weighted by atomic mass is 9.85. The number of nitrogens with zero attached hydrogens (tertiary/aromatic N) is 10. The number of rotatable bonds is 22. The summed E-state index contributed by atoms with van der Waals surface area (Å²) in [4.78, 5) is 83.5. The fourth-order valence-electron chi connectivity index (χ4n) is 12.3. The zero-order valence-corrected chi connectivity index (χ0v) is 54.0. The number of carbonyl (C=O) groups excluding carboxylic acids is 4. The summed E-state index contributed by atoms with van der Waals surface area (Å²) in [6, 6.07) is 7.34. The molecule has 10 rings (SSSR count). The van der Waals surface area contributed by atoms with Gasteiger partial charge in [0.25, 0.3) is 0 Å². The Labute approximate surface area is 542 Å². The number of primary sulfonamides is 1. The molecule has 6 amide bonds. The number of halogens is 4. The number of carbonyl (C=O) groups is 4. The van der Waals surface area contributed by atoms with E-state index in [1.54, 1.807) is 37.6 Å². The summed E-state index contributed by atoms with van der Waals surface area (Å²) in [7, 11) is 1.88. The van der Waals surface area contributed by atoms with E-state index < -0.39 is 22.1 Å². The van der Waals surface area contributed by atoms with Crippen molar-refractivity contribution < 1.29 is 46.5 Å². The van der Waals surface area contributed by atoms with E-state index in [4.69, 9.17) is 80.5 Å². The Bertz CT molecular complexity index is 3670. The van der Waals surface area contributed by atoms with Gasteiger partial charge in [-0.05, 0) is 68.4 Å². The van der Waals surface area contributed by atoms with E-state index in [1.165, 1.54) is 71.3 Å². The Hall–Kier alpha value is -7.43. The molecule has 6 N–H and O–H groups in total. The van der Waals surface area contributed by atoms with E-state index in [0.29, 0.717) is 47.7 Å². The van der Waals surface area contributed by atoms with Crippen molar-refractivity contribution in [1.29, 1.82) is 0 Å². The number of benzene rings is 3. The predicted molar refractivity (Wildman–Crippen MR) is 346 cm³/mol. The van der Waals surface area contributed by atoms with Crippen molar-refractivity contribution >= 4 is 115 Å². The molecule has 0 radical (unpaired) electrons. The van der Waals surface area contributed by atoms with Crippen LogP contribution in [0.25, 0.3) is 0 Å². The van der Waals surface area contributed by atoms with Crippen LogP contribution in [0.3, 0.4) is 0 Å². The number of methoxy groups -OCH3 is 3. The molecule has 25 nitrogen and oxygen atoms in total. The molecular weight excluding hydrogens is 1260 g/mol. The number of amides is 6. The van der Waals surface area contributed by atoms with E-state index >= 15 is 4.79 Å². The zero-order valence-electron chi connectivity index (χ0n) is 50.1. The van der Waals surface area contributed by atoms with Crippen molar-refractivity contribution in [3.05, 3.63) is 111 Å². The molecule has 0 spiro atoms. The maximum absolute atomic E-state index is 15.1. The van der Waals surface area contributed by atoms with E-state index in [1.807, 2.05) is 0 Å². The standard InChI is InChI=1S/C60H71Cl4N15O10S/c1-7-47(80)68-39-15-9-10-16-40(39)70-58-67-30-36-33-78(60(83)79(56(36)73-58)31-34-13-11-14-38(25-34)90(65,84)85)54-51(63)45(88-6)28-46(52(54)64)89-24-12-19-75-20-22-76(23-21-75)37-17-18-41(42(26-37)69-48(81)8-2)71-57-66-29-35-32-77(59(82)74(3)55(35)72-57)53-49(61)43(86-4)27-44(87-5)50(53)62/h7-8,11,13-14,25,27-30,37,39-42H,1-2,9-10,12,15-24,26,31-33H2,3-6H3,(H,68,80)(H,69,81)(H2,65,84,85)(H,66,71,72)(H,67,70,73)/t37?,39-,40+,41?,42?/m0/s1. The number of hydrogen-bond donors (Lipinski definition) is 5. The van der Waals surface area contributed by atoms with Crippen LogP contribution in [0.15, 0.2) is 79.0 Å². The minimum absolute atomic E-state index is 0.0541. The van der Waals surface area contributed by atoms with Crippen LogP contribution in [-0.4, -0.2) is 160 Å². The Morgan fingerprint density at radius 2 is 1.23 bits per heavy atom. The zero-order chi connectivity index (χ0) is 64.1. The van der Waals surface area contributed by atoms with Gasteiger partial charge in [-0.2, -0.15) is 9.97 Å². The number of aromatic nitrogens is 4. The highest BCUT2D eigenvalue weighted by Crippen LogP contribution is 2.50. The number of piperazine rings is 1. The Balaban J connectivity index is 0.773. The van der Waals surface area contributed by atoms with Crippen molar-refractivity contribution in [2.45, 2.75) is 106 Å². The van der Waals surface area contributed by atoms with E-state index in [9.17, 15) is 22.8 Å². The summed E-state index contributed by atoms with van der Waals surface area (Å²) in [5, 5.41) is 18.9. The van der Waals surface area contributed by atoms with Crippen molar-refractivity contribution in [3.8, 4) is 23.0 Å². The van der Waals surface area contributed by atoms with Crippen molar-refractivity contribution in [2.24, 2.45) is 5.14 Å². The molecule has 90 heavy (non-hydrogen) atoms. The van der Waals surface area contributed by atoms with E-state index in [0.717, 1.165) is 64.8 Å². The molecule has 30 heteroatoms. The molecule has 2 aromatic heterocycles. The summed E-state index contributed by atoms with van der Waals surface area (Å²) in [5.74, 6) is 1.65. The van der Waals surface area contributed by atoms with Gasteiger partial charge in [0.15, 0.2) is 0 Å². The summed E-state index contributed by atoms with van der Waals surface area (Å²) < 4.78 is 47.9. The maximum atomic E-state index is 15.1. The van der Waals surface area contributed by atoms with Crippen molar-refractivity contribution in [3.63, 3.8) is 0 Å². The molecule has 2 saturated carbocycles. The van der Waals surface area contributed by atoms with Gasteiger partial charge in [0.05, 0.1) is 69.9 Å². The number of sulfonamides is 1. The average Bonchev–Trinajstić information content (AvgIpc) is 0.771. The highest BCUT2D eigenvalue weighted by molar-refractivity contribution is 7.89. The summed E-state index contributed by atoms with van der Waals surface area (Å²) in [6.07, 6.45) is 11.9. The smallest absolute Gasteiger partial charge is 0.330 e. The average molecular weight is 1340 g/mol. The SMILES string of the molecule is C=CC(=O)NC1CC(N2CCN(CCCOc3cc(OC)c(Cl)c(N4Cc5cnc(N[C@@H]6CCCC[C@@H]6NC(=O)C=C)nc5N(Cc5cccc(S(N)(=O)=O)c5)C4=O)c3Cl)CC2)CCC1Nc1ncc2c(n1)N(C)C(=O)N(c1c(Cl)c(OC)cc(OC)c1Cl)C2. The fraction of sp³-hybridized carbons (Fsp3) is 0.433. The van der Waals surface area contributed by atoms with Crippen LogP contribution in [0.2, 0.25) is 20.1 Å². The second-order valence-electron chi connectivity index (χ2n) is 22.4. The van der Waals surface area contributed by atoms with E-state index in [2.05, 4.69) is 54.2 Å². The van der Waals surface area contributed by atoms with Gasteiger partial charge >= 0.3 is 12.1 Å². The lowest BCUT2D eigenvalue weighted by Crippen LogP contribution is -2.57. The Kier molecular flexibility index (Phi) is 20.7. The van der Waals surface area contributed by atoms with Gasteiger partial charge in [-0.25, -0.2) is 33.1 Å². The number of nitrogens with one attached hydrogen (secondary N) is 4. The molecule has 5 aromatic rings. The topological polar surface area (TPSA) is 284 Å². The van der Waals surface area contributed by atoms with Crippen LogP contribution >= 0.6 is 46.4 Å². The first kappa shape index (κ1) is 65.5. The maximum Gasteiger partial charge on any atom is 0.330 e. The van der Waals surface area contributed by atoms with Gasteiger partial charge in [0.1, 0.15) is 54.7 Å². The molecule has 2 aliphatic carbocycles. The highest BCUT2D eigenvalue weighted by Gasteiger charge is 2.40. The van der Waals surface area contributed by atoms with Gasteiger partial charge in [-0.1, -0.05) is 84.5 Å². The van der Waals surface area contributed by atoms with Gasteiger partial charge in [-0.15, -0.1) is 0 Å². The number of nitrogens with two attached hydrogens (primary N) is 1. The first-order valence-corrected chi connectivity index (χ1v) is 32.4. The second-order valence-corrected chi connectivity index (χ2v) is 25.5. The quantitative estimate of drug-likeness (QED) is 0.0321. The normalized spacial score (nSPS) is 20.6. The van der Waals surface area contributed by atoms with Crippen LogP contribution in [0.4, 0.5) is 44.5 Å². The lowest BCUT2D eigenvalue weighted by molar-refractivity contribution is -0.118. The number of ether oxygens (including phenoxy) is 4. The van der Waals surface area contributed by atoms with Crippen molar-refractivity contribution in [2.75, 3.05) is 97.9 Å². The molecule has 3 aliphatic heterocycles. The molecule has 3 aromatic carbocycles. The molecular formula is C60H71Cl4N15O10S. The van der Waals surface area contributed by atoms with Crippen LogP contribution < -0.4 is 65.0 Å². The summed E-state index contributed by atoms with van der Waals surface area (Å²) in [6.45, 7) is 11.4. The van der Waals surface area contributed by atoms with Gasteiger partial charge < -0.3 is 45.1 Å². The third-order valence-corrected chi connectivity index (χ3v) is 19.3. The van der Waals surface area contributed by atoms with Gasteiger partial charge in [0, 0.05) is 99.6 Å². The van der Waals surface area contributed by atoms with Crippen LogP contribution in [0, 0.1) is 0 Å². The molecule has 5 atom stereocenters. The molecule has 3 fully saturated rings. The first-order valence-electron chi connectivity index (χ1n) is 29.3. The number of urea groups is 2. The predicted octanol–water partition coefficient (Wildman–Crippen LogP) is 8.39. The lowest BCUT2D eigenvalue weighted by Gasteiger charge is -2.44. The monoisotopic (exact) mass is 1330 g/mol. The second kappa shape index (κ2) is 28.4. The first-order chi connectivity index (χ1) is 43.2. The molecule has 480 valence electrons. The molecule has 3 unspecified atom stereocenters. The summed E-state index contributed by atoms with van der Waals surface area (Å²) in [5.41, 5.74) is 1.97. The minimum atomic E-state index is -4.09. The van der Waals surface area contributed by atoms with Crippen molar-refractivity contribution in [1.82, 2.24) is 40.4 Å². The number of anilines is 6.